The molecular formula is C9H20N. The number of hydrogen-bond acceptors (Lipinski definition) is 1. The van der Waals surface area contributed by atoms with E-state index in [0.29, 0.717) is 6.04 Å². The van der Waals surface area contributed by atoms with Crippen LogP contribution in [-0.4, -0.2) is 6.04 Å². The van der Waals surface area contributed by atoms with Crippen LogP contribution in [0.5, 0.6) is 0 Å². The van der Waals surface area contributed by atoms with E-state index < -0.39 is 0 Å². The monoisotopic (exact) mass is 142 g/mol. The average molecular weight is 142 g/mol. The average Bonchev–Trinajstić information content (AvgIpc) is 1.82. The maximum absolute atomic E-state index is 3.39. The Morgan fingerprint density at radius 2 is 2.00 bits per heavy atom. The van der Waals surface area contributed by atoms with Gasteiger partial charge in [0.1, 0.15) is 0 Å². The van der Waals surface area contributed by atoms with Crippen molar-refractivity contribution < 1.29 is 0 Å². The molecule has 0 saturated heterocycles. The number of nitrogens with one attached hydrogen (secondary N) is 1. The Balaban J connectivity index is 3.16. The molecule has 0 saturated carbocycles. The maximum atomic E-state index is 3.39. The van der Waals surface area contributed by atoms with Crippen molar-refractivity contribution in [2.24, 2.45) is 0 Å². The van der Waals surface area contributed by atoms with Gasteiger partial charge in [0.15, 0.2) is 0 Å². The van der Waals surface area contributed by atoms with Gasteiger partial charge in [-0.1, -0.05) is 33.6 Å². The van der Waals surface area contributed by atoms with Crippen LogP contribution in [0.3, 0.4) is 0 Å². The van der Waals surface area contributed by atoms with Crippen molar-refractivity contribution in [3.63, 3.8) is 0 Å². The summed E-state index contributed by atoms with van der Waals surface area (Å²) in [5, 5.41) is 3.39. The van der Waals surface area contributed by atoms with Gasteiger partial charge < -0.3 is 5.32 Å². The van der Waals surface area contributed by atoms with Gasteiger partial charge in [-0.3, -0.25) is 0 Å². The Hall–Kier alpha value is -0.0400. The summed E-state index contributed by atoms with van der Waals surface area (Å²) >= 11 is 0. The smallest absolute Gasteiger partial charge is 0.0335 e. The fourth-order valence-electron chi connectivity index (χ4n) is 1.01. The first kappa shape index (κ1) is 9.96. The topological polar surface area (TPSA) is 12.0 Å². The van der Waals surface area contributed by atoms with Crippen LogP contribution in [-0.2, 0) is 0 Å². The highest BCUT2D eigenvalue weighted by atomic mass is 14.9. The zero-order chi connectivity index (χ0) is 7.98. The van der Waals surface area contributed by atoms with Crippen molar-refractivity contribution in [2.45, 2.75) is 53.0 Å². The van der Waals surface area contributed by atoms with Crippen molar-refractivity contribution >= 4 is 0 Å². The second-order valence-electron chi connectivity index (χ2n) is 3.18. The van der Waals surface area contributed by atoms with E-state index in [1.807, 2.05) is 0 Å². The molecule has 1 radical (unpaired) electrons. The quantitative estimate of drug-likeness (QED) is 0.622. The molecule has 0 atom stereocenters. The van der Waals surface area contributed by atoms with E-state index in [1.54, 1.807) is 0 Å². The third kappa shape index (κ3) is 6.09. The van der Waals surface area contributed by atoms with Crippen LogP contribution in [0.4, 0.5) is 0 Å². The Morgan fingerprint density at radius 3 is 2.40 bits per heavy atom. The Bertz CT molecular complexity index is 69.1. The molecule has 0 fully saturated rings. The second-order valence-corrected chi connectivity index (χ2v) is 3.18. The molecule has 0 spiro atoms. The summed E-state index contributed by atoms with van der Waals surface area (Å²) in [4.78, 5) is 0. The normalized spacial score (nSPS) is 11.4. The molecule has 0 aliphatic heterocycles. The van der Waals surface area contributed by atoms with Gasteiger partial charge in [-0.25, -0.2) is 0 Å². The first-order valence-electron chi connectivity index (χ1n) is 4.25. The molecule has 0 bridgehead atoms. The lowest BCUT2D eigenvalue weighted by Gasteiger charge is -2.14. The van der Waals surface area contributed by atoms with Crippen LogP contribution in [0.1, 0.15) is 47.0 Å². The van der Waals surface area contributed by atoms with Crippen molar-refractivity contribution in [3.8, 4) is 0 Å². The molecule has 0 amide bonds. The minimum Gasteiger partial charge on any atom is -0.308 e. The van der Waals surface area contributed by atoms with E-state index in [-0.39, 0.29) is 0 Å². The first-order chi connectivity index (χ1) is 4.66. The summed E-state index contributed by atoms with van der Waals surface area (Å²) < 4.78 is 0. The molecule has 0 aromatic carbocycles. The van der Waals surface area contributed by atoms with E-state index >= 15 is 0 Å². The van der Waals surface area contributed by atoms with Gasteiger partial charge in [-0.15, -0.1) is 0 Å². The Morgan fingerprint density at radius 1 is 1.40 bits per heavy atom. The maximum Gasteiger partial charge on any atom is 0.0335 e. The summed E-state index contributed by atoms with van der Waals surface area (Å²) in [7, 11) is 0. The van der Waals surface area contributed by atoms with Crippen LogP contribution in [0, 0.1) is 6.04 Å². The summed E-state index contributed by atoms with van der Waals surface area (Å²) in [5.74, 6) is 0. The molecule has 0 heterocycles. The fraction of sp³-hybridized carbons (Fsp3) is 0.889. The van der Waals surface area contributed by atoms with Crippen molar-refractivity contribution in [2.75, 3.05) is 0 Å². The minimum atomic E-state index is 0.594. The molecule has 0 aliphatic carbocycles. The van der Waals surface area contributed by atoms with Gasteiger partial charge >= 0.3 is 0 Å². The summed E-state index contributed by atoms with van der Waals surface area (Å²) in [6, 6.07) is 2.02. The zero-order valence-corrected chi connectivity index (χ0v) is 7.70. The third-order valence-electron chi connectivity index (χ3n) is 1.44. The number of unbranched alkanes of at least 4 members (excludes halogenated alkanes) is 1. The van der Waals surface area contributed by atoms with Gasteiger partial charge in [0, 0.05) is 12.1 Å². The Kier molecular flexibility index (Phi) is 5.70. The summed E-state index contributed by atoms with van der Waals surface area (Å²) in [6.07, 6.45) is 3.83. The largest absolute Gasteiger partial charge is 0.308 e. The predicted octanol–water partition coefficient (Wildman–Crippen LogP) is 2.73. The standard InChI is InChI=1S/C9H20N/c1-5-6-7-9(4)10-8(2)3/h8,10H,5-7H2,1-4H3. The van der Waals surface area contributed by atoms with Gasteiger partial charge in [-0.2, -0.15) is 0 Å². The summed E-state index contributed by atoms with van der Waals surface area (Å²) in [6.45, 7) is 8.75. The number of hydrogen-bond donors (Lipinski definition) is 1. The molecule has 1 N–H and O–H groups in total. The molecule has 1 nitrogen and oxygen atoms in total. The zero-order valence-electron chi connectivity index (χ0n) is 7.70. The third-order valence-corrected chi connectivity index (χ3v) is 1.44. The molecule has 1 heteroatoms. The van der Waals surface area contributed by atoms with E-state index in [1.165, 1.54) is 25.3 Å². The van der Waals surface area contributed by atoms with E-state index in [9.17, 15) is 0 Å². The fourth-order valence-corrected chi connectivity index (χ4v) is 1.01. The number of rotatable bonds is 5. The summed E-state index contributed by atoms with van der Waals surface area (Å²) in [5.41, 5.74) is 0. The van der Waals surface area contributed by atoms with E-state index in [4.69, 9.17) is 0 Å². The lowest BCUT2D eigenvalue weighted by atomic mass is 10.1. The molecule has 0 aliphatic rings. The molecule has 10 heavy (non-hydrogen) atoms. The predicted molar refractivity (Wildman–Crippen MR) is 46.7 cm³/mol. The first-order valence-corrected chi connectivity index (χ1v) is 4.25. The molecule has 0 aromatic rings. The van der Waals surface area contributed by atoms with Crippen molar-refractivity contribution in [1.82, 2.24) is 5.32 Å². The van der Waals surface area contributed by atoms with Gasteiger partial charge in [0.05, 0.1) is 0 Å². The molecule has 61 valence electrons. The van der Waals surface area contributed by atoms with Crippen LogP contribution in [0.2, 0.25) is 0 Å². The van der Waals surface area contributed by atoms with Crippen LogP contribution in [0.25, 0.3) is 0 Å². The molecular weight excluding hydrogens is 122 g/mol. The van der Waals surface area contributed by atoms with Crippen molar-refractivity contribution in [3.05, 3.63) is 6.04 Å². The lowest BCUT2D eigenvalue weighted by molar-refractivity contribution is 0.551. The van der Waals surface area contributed by atoms with Crippen LogP contribution < -0.4 is 5.32 Å². The second kappa shape index (κ2) is 5.72. The van der Waals surface area contributed by atoms with E-state index in [2.05, 4.69) is 33.0 Å². The highest BCUT2D eigenvalue weighted by molar-refractivity contribution is 4.81. The highest BCUT2D eigenvalue weighted by Crippen LogP contribution is 2.06. The highest BCUT2D eigenvalue weighted by Gasteiger charge is 2.01. The van der Waals surface area contributed by atoms with Gasteiger partial charge in [-0.05, 0) is 13.3 Å². The Labute approximate surface area is 65.2 Å². The minimum absolute atomic E-state index is 0.594. The van der Waals surface area contributed by atoms with Gasteiger partial charge in [0.25, 0.3) is 0 Å². The van der Waals surface area contributed by atoms with Crippen molar-refractivity contribution in [1.29, 1.82) is 0 Å². The lowest BCUT2D eigenvalue weighted by Crippen LogP contribution is -2.25. The SMILES string of the molecule is CCCC[C](C)NC(C)C. The molecule has 0 aromatic heterocycles. The molecule has 0 unspecified atom stereocenters. The van der Waals surface area contributed by atoms with Crippen LogP contribution in [0.15, 0.2) is 0 Å². The van der Waals surface area contributed by atoms with Gasteiger partial charge in [0.2, 0.25) is 0 Å². The molecule has 0 rings (SSSR count). The van der Waals surface area contributed by atoms with Crippen LogP contribution >= 0.6 is 0 Å². The van der Waals surface area contributed by atoms with E-state index in [0.717, 1.165) is 0 Å².